The Morgan fingerprint density at radius 1 is 0.943 bits per heavy atom. The molecule has 6 heteroatoms. The number of carbonyl (C=O) groups is 2. The summed E-state index contributed by atoms with van der Waals surface area (Å²) >= 11 is 0. The molecule has 0 N–H and O–H groups in total. The second kappa shape index (κ2) is 7.55. The van der Waals surface area contributed by atoms with Crippen molar-refractivity contribution in [3.63, 3.8) is 0 Å². The molecule has 6 rings (SSSR count). The molecule has 6 nitrogen and oxygen atoms in total. The molecule has 0 spiro atoms. The van der Waals surface area contributed by atoms with Gasteiger partial charge >= 0.3 is 12.1 Å². The first-order chi connectivity index (χ1) is 17.1. The van der Waals surface area contributed by atoms with Gasteiger partial charge in [0.25, 0.3) is 0 Å². The first-order valence-corrected chi connectivity index (χ1v) is 11.6. The lowest BCUT2D eigenvalue weighted by atomic mass is 9.53. The van der Waals surface area contributed by atoms with Crippen LogP contribution < -0.4 is 0 Å². The molecular weight excluding hydrogens is 442 g/mol. The molecule has 2 saturated heterocycles. The van der Waals surface area contributed by atoms with Crippen LogP contribution in [-0.2, 0) is 30.2 Å². The minimum absolute atomic E-state index is 0.0921. The number of nitrogens with zero attached hydrogens (tertiary/aromatic N) is 1. The lowest BCUT2D eigenvalue weighted by Gasteiger charge is -2.44. The summed E-state index contributed by atoms with van der Waals surface area (Å²) < 4.78 is 17.9. The number of amides is 1. The maximum Gasteiger partial charge on any atom is 0.414 e. The summed E-state index contributed by atoms with van der Waals surface area (Å²) in [5.41, 5.74) is 0.353. The molecule has 1 amide bonds. The standard InChI is InChI=1S/C29H25NO5/c1-3-34-26(32)30-18-24-27(19-30,25(31)33-2)29(21-14-8-5-9-15-21)23-17-11-10-16-22(23)28(24,35-29)20-12-6-4-7-13-20/h3-17,24H,1,18-19H2,2H3/t24-,27+,28+,29-/m0/s1. The number of hydrogen-bond acceptors (Lipinski definition) is 5. The summed E-state index contributed by atoms with van der Waals surface area (Å²) in [6.45, 7) is 3.88. The zero-order chi connectivity index (χ0) is 24.3. The Morgan fingerprint density at radius 3 is 2.17 bits per heavy atom. The Bertz CT molecular complexity index is 1330. The smallest absolute Gasteiger partial charge is 0.414 e. The number of hydrogen-bond donors (Lipinski definition) is 0. The van der Waals surface area contributed by atoms with E-state index in [-0.39, 0.29) is 13.1 Å². The predicted octanol–water partition coefficient (Wildman–Crippen LogP) is 4.59. The van der Waals surface area contributed by atoms with E-state index in [1.807, 2.05) is 78.9 Å². The van der Waals surface area contributed by atoms with Gasteiger partial charge in [-0.15, -0.1) is 0 Å². The van der Waals surface area contributed by atoms with Crippen LogP contribution in [0.25, 0.3) is 0 Å². The van der Waals surface area contributed by atoms with Gasteiger partial charge in [0, 0.05) is 19.0 Å². The number of rotatable bonds is 4. The Morgan fingerprint density at radius 2 is 1.54 bits per heavy atom. The van der Waals surface area contributed by atoms with E-state index in [9.17, 15) is 9.59 Å². The molecule has 176 valence electrons. The van der Waals surface area contributed by atoms with Crippen molar-refractivity contribution in [1.29, 1.82) is 0 Å². The lowest BCUT2D eigenvalue weighted by molar-refractivity contribution is -0.163. The molecule has 2 fully saturated rings. The van der Waals surface area contributed by atoms with Gasteiger partial charge in [-0.25, -0.2) is 4.79 Å². The fraction of sp³-hybridized carbons (Fsp3) is 0.241. The van der Waals surface area contributed by atoms with Crippen molar-refractivity contribution < 1.29 is 23.8 Å². The van der Waals surface area contributed by atoms with E-state index in [1.54, 1.807) is 4.90 Å². The Hall–Kier alpha value is -3.90. The fourth-order valence-corrected chi connectivity index (χ4v) is 6.80. The van der Waals surface area contributed by atoms with Gasteiger partial charge in [0.05, 0.1) is 13.4 Å². The molecule has 3 aliphatic rings. The largest absolute Gasteiger partial charge is 0.468 e. The molecular formula is C29H25NO5. The molecule has 0 radical (unpaired) electrons. The van der Waals surface area contributed by atoms with Gasteiger partial charge in [0.2, 0.25) is 0 Å². The van der Waals surface area contributed by atoms with E-state index in [2.05, 4.69) is 12.6 Å². The maximum atomic E-state index is 14.0. The molecule has 3 heterocycles. The highest BCUT2D eigenvalue weighted by molar-refractivity contribution is 5.86. The zero-order valence-corrected chi connectivity index (χ0v) is 19.3. The SMILES string of the molecule is C=COC(=O)N1C[C@@H]2[C@]3(c4ccccc4)O[C@@](c4ccccc4)(c4ccccc43)[C@]2(C(=O)OC)C1. The molecule has 0 aromatic heterocycles. The van der Waals surface area contributed by atoms with E-state index < -0.39 is 34.6 Å². The quantitative estimate of drug-likeness (QED) is 0.415. The molecule has 3 aromatic carbocycles. The zero-order valence-electron chi connectivity index (χ0n) is 19.3. The maximum absolute atomic E-state index is 14.0. The third-order valence-corrected chi connectivity index (χ3v) is 7.95. The molecule has 0 unspecified atom stereocenters. The third kappa shape index (κ3) is 2.47. The third-order valence-electron chi connectivity index (χ3n) is 7.95. The van der Waals surface area contributed by atoms with Gasteiger partial charge in [-0.2, -0.15) is 0 Å². The normalized spacial score (nSPS) is 29.9. The van der Waals surface area contributed by atoms with Crippen LogP contribution in [0.4, 0.5) is 4.79 Å². The molecule has 0 aliphatic carbocycles. The Kier molecular flexibility index (Phi) is 4.66. The molecule has 3 aromatic rings. The number of fused-ring (bicyclic) bond motifs is 8. The number of esters is 1. The van der Waals surface area contributed by atoms with Gasteiger partial charge in [-0.05, 0) is 22.3 Å². The molecule has 3 aliphatic heterocycles. The number of benzene rings is 3. The summed E-state index contributed by atoms with van der Waals surface area (Å²) in [6.07, 6.45) is 0.564. The Balaban J connectivity index is 1.72. The average molecular weight is 468 g/mol. The topological polar surface area (TPSA) is 65.1 Å². The fourth-order valence-electron chi connectivity index (χ4n) is 6.80. The highest BCUT2D eigenvalue weighted by atomic mass is 16.6. The van der Waals surface area contributed by atoms with Crippen LogP contribution in [0.15, 0.2) is 97.8 Å². The predicted molar refractivity (Wildman–Crippen MR) is 128 cm³/mol. The van der Waals surface area contributed by atoms with Crippen molar-refractivity contribution in [2.24, 2.45) is 11.3 Å². The summed E-state index contributed by atoms with van der Waals surface area (Å²) in [5, 5.41) is 0. The molecule has 35 heavy (non-hydrogen) atoms. The first-order valence-electron chi connectivity index (χ1n) is 11.6. The molecule has 2 bridgehead atoms. The summed E-state index contributed by atoms with van der Waals surface area (Å²) in [7, 11) is 1.39. The van der Waals surface area contributed by atoms with Crippen LogP contribution >= 0.6 is 0 Å². The average Bonchev–Trinajstić information content (AvgIpc) is 3.54. The molecule has 4 atom stereocenters. The van der Waals surface area contributed by atoms with Crippen molar-refractivity contribution in [2.45, 2.75) is 11.2 Å². The number of ether oxygens (including phenoxy) is 3. The van der Waals surface area contributed by atoms with Crippen molar-refractivity contribution >= 4 is 12.1 Å². The van der Waals surface area contributed by atoms with Crippen molar-refractivity contribution in [3.05, 3.63) is 120 Å². The first kappa shape index (κ1) is 21.6. The van der Waals surface area contributed by atoms with Gasteiger partial charge in [-0.1, -0.05) is 91.5 Å². The highest BCUT2D eigenvalue weighted by Gasteiger charge is 2.83. The van der Waals surface area contributed by atoms with Crippen LogP contribution in [0.3, 0.4) is 0 Å². The number of carbonyl (C=O) groups excluding carboxylic acids is 2. The highest BCUT2D eigenvalue weighted by Crippen LogP contribution is 2.75. The summed E-state index contributed by atoms with van der Waals surface area (Å²) in [5.74, 6) is -0.829. The van der Waals surface area contributed by atoms with E-state index >= 15 is 0 Å². The van der Waals surface area contributed by atoms with Crippen molar-refractivity contribution in [2.75, 3.05) is 20.2 Å². The van der Waals surface area contributed by atoms with Gasteiger partial charge < -0.3 is 19.1 Å². The van der Waals surface area contributed by atoms with Gasteiger partial charge in [0.15, 0.2) is 0 Å². The number of methoxy groups -OCH3 is 1. The van der Waals surface area contributed by atoms with Crippen LogP contribution in [0, 0.1) is 11.3 Å². The summed E-state index contributed by atoms with van der Waals surface area (Å²) in [4.78, 5) is 28.5. The van der Waals surface area contributed by atoms with E-state index in [4.69, 9.17) is 14.2 Å². The summed E-state index contributed by atoms with van der Waals surface area (Å²) in [6, 6.07) is 27.8. The van der Waals surface area contributed by atoms with E-state index in [0.717, 1.165) is 28.5 Å². The minimum Gasteiger partial charge on any atom is -0.468 e. The van der Waals surface area contributed by atoms with Gasteiger partial charge in [-0.3, -0.25) is 4.79 Å². The second-order valence-electron chi connectivity index (χ2n) is 9.24. The number of likely N-dealkylation sites (tertiary alicyclic amines) is 1. The van der Waals surface area contributed by atoms with Crippen molar-refractivity contribution in [1.82, 2.24) is 4.90 Å². The van der Waals surface area contributed by atoms with Crippen LogP contribution in [-0.4, -0.2) is 37.2 Å². The monoisotopic (exact) mass is 467 g/mol. The van der Waals surface area contributed by atoms with E-state index in [1.165, 1.54) is 7.11 Å². The van der Waals surface area contributed by atoms with Crippen LogP contribution in [0.5, 0.6) is 0 Å². The van der Waals surface area contributed by atoms with Crippen LogP contribution in [0.2, 0.25) is 0 Å². The van der Waals surface area contributed by atoms with Crippen molar-refractivity contribution in [3.8, 4) is 0 Å². The van der Waals surface area contributed by atoms with Gasteiger partial charge in [0.1, 0.15) is 16.6 Å². The Labute approximate surface area is 203 Å². The van der Waals surface area contributed by atoms with Crippen LogP contribution in [0.1, 0.15) is 22.3 Å². The second-order valence-corrected chi connectivity index (χ2v) is 9.24. The van der Waals surface area contributed by atoms with E-state index in [0.29, 0.717) is 0 Å². The molecule has 0 saturated carbocycles. The minimum atomic E-state index is -1.20. The lowest BCUT2D eigenvalue weighted by Crippen LogP contribution is -2.55.